The van der Waals surface area contributed by atoms with Gasteiger partial charge < -0.3 is 28.4 Å². The highest BCUT2D eigenvalue weighted by molar-refractivity contribution is 5.14. The van der Waals surface area contributed by atoms with Crippen molar-refractivity contribution >= 4 is 0 Å². The molecule has 6 heteroatoms. The lowest BCUT2D eigenvalue weighted by atomic mass is 10.1. The second-order valence-corrected chi connectivity index (χ2v) is 10.4. The smallest absolute Gasteiger partial charge is 0.163 e. The van der Waals surface area contributed by atoms with Crippen LogP contribution in [-0.2, 0) is 41.6 Å². The fourth-order valence-electron chi connectivity index (χ4n) is 4.79. The molecular weight excluding hydrogens is 492 g/mol. The van der Waals surface area contributed by atoms with E-state index < -0.39 is 5.79 Å². The summed E-state index contributed by atoms with van der Waals surface area (Å²) in [6.07, 6.45) is 7.40. The molecule has 0 N–H and O–H groups in total. The van der Waals surface area contributed by atoms with Crippen molar-refractivity contribution in [2.75, 3.05) is 13.2 Å². The number of ether oxygens (including phenoxy) is 6. The largest absolute Gasteiger partial charge is 0.374 e. The number of rotatable bonds is 11. The van der Waals surface area contributed by atoms with E-state index >= 15 is 0 Å². The number of hydrogen-bond acceptors (Lipinski definition) is 6. The van der Waals surface area contributed by atoms with Crippen LogP contribution in [0.1, 0.15) is 37.8 Å². The third kappa shape index (κ3) is 8.97. The Labute approximate surface area is 233 Å². The van der Waals surface area contributed by atoms with Crippen molar-refractivity contribution in [2.24, 2.45) is 0 Å². The summed E-state index contributed by atoms with van der Waals surface area (Å²) in [5, 5.41) is 0. The van der Waals surface area contributed by atoms with Gasteiger partial charge in [-0.15, -0.1) is 13.2 Å². The lowest BCUT2D eigenvalue weighted by molar-refractivity contribution is -0.307. The maximum atomic E-state index is 6.68. The average Bonchev–Trinajstić information content (AvgIpc) is 3.03. The molecular formula is C33H42O6. The molecule has 2 aliphatic rings. The lowest BCUT2D eigenvalue weighted by Crippen LogP contribution is -2.51. The van der Waals surface area contributed by atoms with Gasteiger partial charge in [0.1, 0.15) is 24.4 Å². The van der Waals surface area contributed by atoms with Gasteiger partial charge in [-0.2, -0.15) is 0 Å². The van der Waals surface area contributed by atoms with Crippen LogP contribution >= 0.6 is 0 Å². The zero-order valence-electron chi connectivity index (χ0n) is 23.2. The van der Waals surface area contributed by atoms with Crippen LogP contribution in [0.3, 0.4) is 0 Å². The highest BCUT2D eigenvalue weighted by Crippen LogP contribution is 2.28. The van der Waals surface area contributed by atoms with Crippen molar-refractivity contribution in [2.45, 2.75) is 82.3 Å². The molecule has 0 aromatic heterocycles. The first-order chi connectivity index (χ1) is 19.0. The summed E-state index contributed by atoms with van der Waals surface area (Å²) in [5.41, 5.74) is 2.22. The molecule has 1 saturated heterocycles. The van der Waals surface area contributed by atoms with Crippen LogP contribution < -0.4 is 0 Å². The van der Waals surface area contributed by atoms with Crippen molar-refractivity contribution in [1.82, 2.24) is 0 Å². The Bertz CT molecular complexity index is 1040. The fraction of sp³-hybridized carbons (Fsp3) is 0.455. The third-order valence-electron chi connectivity index (χ3n) is 6.91. The summed E-state index contributed by atoms with van der Waals surface area (Å²) in [7, 11) is 0. The van der Waals surface area contributed by atoms with Crippen LogP contribution in [0, 0.1) is 0 Å². The maximum absolute atomic E-state index is 6.68. The van der Waals surface area contributed by atoms with Gasteiger partial charge in [-0.1, -0.05) is 85.0 Å². The molecule has 0 unspecified atom stereocenters. The van der Waals surface area contributed by atoms with Gasteiger partial charge in [0.25, 0.3) is 0 Å². The minimum Gasteiger partial charge on any atom is -0.374 e. The fourth-order valence-corrected chi connectivity index (χ4v) is 4.79. The van der Waals surface area contributed by atoms with Gasteiger partial charge in [0.15, 0.2) is 5.79 Å². The zero-order chi connectivity index (χ0) is 27.5. The number of hydrogen-bond donors (Lipinski definition) is 0. The quantitative estimate of drug-likeness (QED) is 0.322. The van der Waals surface area contributed by atoms with Gasteiger partial charge in [-0.25, -0.2) is 0 Å². The molecule has 2 heterocycles. The maximum Gasteiger partial charge on any atom is 0.163 e. The molecule has 0 amide bonds. The third-order valence-corrected chi connectivity index (χ3v) is 6.91. The van der Waals surface area contributed by atoms with E-state index in [4.69, 9.17) is 28.4 Å². The Hall–Kier alpha value is -2.58. The molecule has 2 aromatic rings. The second-order valence-electron chi connectivity index (χ2n) is 10.4. The van der Waals surface area contributed by atoms with Crippen LogP contribution in [0.5, 0.6) is 0 Å². The first kappa shape index (κ1) is 29.4. The first-order valence-corrected chi connectivity index (χ1v) is 13.8. The van der Waals surface area contributed by atoms with Crippen molar-refractivity contribution in [3.8, 4) is 0 Å². The van der Waals surface area contributed by atoms with Gasteiger partial charge in [0.05, 0.1) is 38.6 Å². The highest BCUT2D eigenvalue weighted by atomic mass is 16.7. The van der Waals surface area contributed by atoms with Crippen molar-refractivity contribution in [3.05, 3.63) is 109 Å². The summed E-state index contributed by atoms with van der Waals surface area (Å²) < 4.78 is 37.8. The SMILES string of the molecule is C=C[C@@H]1O[C@H](COCc2ccccc2)[C@@H](OCc2ccccc2)C/C=C\C[C@H]1O[C@@H]1COC(C)(C)O[C@@H]1C=C. The van der Waals surface area contributed by atoms with Gasteiger partial charge in [-0.3, -0.25) is 0 Å². The molecule has 0 saturated carbocycles. The second kappa shape index (κ2) is 14.7. The Balaban J connectivity index is 1.47. The van der Waals surface area contributed by atoms with Gasteiger partial charge in [0, 0.05) is 0 Å². The lowest BCUT2D eigenvalue weighted by Gasteiger charge is -2.41. The normalized spacial score (nSPS) is 29.9. The molecule has 4 rings (SSSR count). The molecule has 0 bridgehead atoms. The first-order valence-electron chi connectivity index (χ1n) is 13.8. The summed E-state index contributed by atoms with van der Waals surface area (Å²) in [5.74, 6) is -0.685. The molecule has 6 nitrogen and oxygen atoms in total. The van der Waals surface area contributed by atoms with Crippen LogP contribution in [0.15, 0.2) is 98.1 Å². The van der Waals surface area contributed by atoms with Crippen LogP contribution in [-0.4, -0.2) is 55.6 Å². The monoisotopic (exact) mass is 534 g/mol. The van der Waals surface area contributed by atoms with Crippen molar-refractivity contribution in [3.63, 3.8) is 0 Å². The molecule has 6 atom stereocenters. The molecule has 0 aliphatic carbocycles. The molecule has 0 spiro atoms. The summed E-state index contributed by atoms with van der Waals surface area (Å²) in [6, 6.07) is 20.3. The average molecular weight is 535 g/mol. The van der Waals surface area contributed by atoms with Crippen molar-refractivity contribution < 1.29 is 28.4 Å². The van der Waals surface area contributed by atoms with Gasteiger partial charge in [0.2, 0.25) is 0 Å². The van der Waals surface area contributed by atoms with Gasteiger partial charge >= 0.3 is 0 Å². The molecule has 0 radical (unpaired) electrons. The topological polar surface area (TPSA) is 55.4 Å². The summed E-state index contributed by atoms with van der Waals surface area (Å²) in [6.45, 7) is 13.6. The van der Waals surface area contributed by atoms with E-state index in [1.165, 1.54) is 0 Å². The predicted octanol–water partition coefficient (Wildman–Crippen LogP) is 6.17. The van der Waals surface area contributed by atoms with Crippen LogP contribution in [0.25, 0.3) is 0 Å². The predicted molar refractivity (Wildman–Crippen MR) is 152 cm³/mol. The molecule has 210 valence electrons. The summed E-state index contributed by atoms with van der Waals surface area (Å²) >= 11 is 0. The standard InChI is InChI=1S/C33H42O6/c1-5-27-30(38-32-24-36-33(3,4)39-28(32)6-2)20-14-13-19-29(35-22-26-17-11-8-12-18-26)31(37-27)23-34-21-25-15-9-7-10-16-25/h5-18,27-32H,1-2,19-24H2,3-4H3/b14-13-/t27-,28+,29-,30+,31+,32+/m0/s1. The van der Waals surface area contributed by atoms with E-state index in [-0.39, 0.29) is 36.6 Å². The highest BCUT2D eigenvalue weighted by Gasteiger charge is 2.39. The molecule has 1 fully saturated rings. The minimum atomic E-state index is -0.685. The number of benzene rings is 2. The Morgan fingerprint density at radius 1 is 0.821 bits per heavy atom. The van der Waals surface area contributed by atoms with E-state index in [1.807, 2.05) is 50.2 Å². The van der Waals surface area contributed by atoms with Crippen molar-refractivity contribution in [1.29, 1.82) is 0 Å². The molecule has 2 aromatic carbocycles. The van der Waals surface area contributed by atoms with E-state index in [1.54, 1.807) is 12.2 Å². The van der Waals surface area contributed by atoms with E-state index in [0.717, 1.165) is 11.1 Å². The minimum absolute atomic E-state index is 0.207. The van der Waals surface area contributed by atoms with E-state index in [9.17, 15) is 0 Å². The zero-order valence-corrected chi connectivity index (χ0v) is 23.2. The Kier molecular flexibility index (Phi) is 11.1. The molecule has 39 heavy (non-hydrogen) atoms. The Morgan fingerprint density at radius 2 is 1.44 bits per heavy atom. The molecule has 2 aliphatic heterocycles. The van der Waals surface area contributed by atoms with Crippen LogP contribution in [0.4, 0.5) is 0 Å². The van der Waals surface area contributed by atoms with Crippen LogP contribution in [0.2, 0.25) is 0 Å². The Morgan fingerprint density at radius 3 is 2.08 bits per heavy atom. The summed E-state index contributed by atoms with van der Waals surface area (Å²) in [4.78, 5) is 0. The van der Waals surface area contributed by atoms with Gasteiger partial charge in [-0.05, 0) is 37.8 Å². The van der Waals surface area contributed by atoms with E-state index in [0.29, 0.717) is 39.3 Å². The van der Waals surface area contributed by atoms with E-state index in [2.05, 4.69) is 49.6 Å².